The Morgan fingerprint density at radius 3 is 2.68 bits per heavy atom. The Labute approximate surface area is 124 Å². The summed E-state index contributed by atoms with van der Waals surface area (Å²) < 4.78 is 0. The fraction of sp³-hybridized carbons (Fsp3) is 1.00. The SMILES string of the molecule is CC(C)N(CC1CCCCN1)C1CSCCC1(C)C. The van der Waals surface area contributed by atoms with E-state index < -0.39 is 0 Å². The molecule has 0 aromatic rings. The number of piperidine rings is 1. The second kappa shape index (κ2) is 6.82. The molecule has 112 valence electrons. The van der Waals surface area contributed by atoms with Gasteiger partial charge >= 0.3 is 0 Å². The van der Waals surface area contributed by atoms with Gasteiger partial charge in [0.1, 0.15) is 0 Å². The van der Waals surface area contributed by atoms with E-state index in [-0.39, 0.29) is 0 Å². The van der Waals surface area contributed by atoms with Gasteiger partial charge in [-0.3, -0.25) is 4.90 Å². The van der Waals surface area contributed by atoms with E-state index >= 15 is 0 Å². The second-order valence-corrected chi connectivity index (χ2v) is 8.42. The maximum absolute atomic E-state index is 3.72. The largest absolute Gasteiger partial charge is 0.313 e. The van der Waals surface area contributed by atoms with Gasteiger partial charge in [0.25, 0.3) is 0 Å². The predicted molar refractivity (Wildman–Crippen MR) is 87.0 cm³/mol. The molecule has 2 unspecified atom stereocenters. The summed E-state index contributed by atoms with van der Waals surface area (Å²) in [5.74, 6) is 2.66. The van der Waals surface area contributed by atoms with Crippen LogP contribution < -0.4 is 5.32 Å². The van der Waals surface area contributed by atoms with Gasteiger partial charge in [0, 0.05) is 30.4 Å². The van der Waals surface area contributed by atoms with Gasteiger partial charge in [-0.15, -0.1) is 0 Å². The molecule has 19 heavy (non-hydrogen) atoms. The van der Waals surface area contributed by atoms with Crippen molar-refractivity contribution in [1.82, 2.24) is 10.2 Å². The van der Waals surface area contributed by atoms with Gasteiger partial charge in [0.2, 0.25) is 0 Å². The number of hydrogen-bond donors (Lipinski definition) is 1. The summed E-state index contributed by atoms with van der Waals surface area (Å²) in [7, 11) is 0. The molecule has 0 saturated carbocycles. The lowest BCUT2D eigenvalue weighted by molar-refractivity contribution is 0.0580. The third-order valence-corrected chi connectivity index (χ3v) is 6.02. The molecule has 0 radical (unpaired) electrons. The monoisotopic (exact) mass is 284 g/mol. The Balaban J connectivity index is 2.01. The van der Waals surface area contributed by atoms with Crippen molar-refractivity contribution in [2.24, 2.45) is 5.41 Å². The lowest BCUT2D eigenvalue weighted by Crippen LogP contribution is -2.56. The van der Waals surface area contributed by atoms with Gasteiger partial charge in [-0.2, -0.15) is 11.8 Å². The lowest BCUT2D eigenvalue weighted by Gasteiger charge is -2.48. The van der Waals surface area contributed by atoms with Gasteiger partial charge in [0.15, 0.2) is 0 Å². The molecule has 0 amide bonds. The van der Waals surface area contributed by atoms with Gasteiger partial charge in [-0.05, 0) is 50.8 Å². The molecule has 0 bridgehead atoms. The first kappa shape index (κ1) is 15.7. The summed E-state index contributed by atoms with van der Waals surface area (Å²) in [5, 5.41) is 3.72. The molecule has 2 heterocycles. The molecule has 0 aromatic heterocycles. The van der Waals surface area contributed by atoms with Crippen LogP contribution in [0, 0.1) is 5.41 Å². The van der Waals surface area contributed by atoms with Crippen LogP contribution in [0.4, 0.5) is 0 Å². The highest BCUT2D eigenvalue weighted by atomic mass is 32.2. The molecule has 0 aromatic carbocycles. The second-order valence-electron chi connectivity index (χ2n) is 7.27. The third kappa shape index (κ3) is 4.12. The Kier molecular flexibility index (Phi) is 5.62. The quantitative estimate of drug-likeness (QED) is 0.852. The highest BCUT2D eigenvalue weighted by Gasteiger charge is 2.38. The summed E-state index contributed by atoms with van der Waals surface area (Å²) in [5.41, 5.74) is 0.476. The van der Waals surface area contributed by atoms with E-state index in [4.69, 9.17) is 0 Å². The van der Waals surface area contributed by atoms with Crippen LogP contribution in [0.1, 0.15) is 53.4 Å². The highest BCUT2D eigenvalue weighted by Crippen LogP contribution is 2.38. The molecule has 0 aliphatic carbocycles. The smallest absolute Gasteiger partial charge is 0.0241 e. The minimum absolute atomic E-state index is 0.476. The first-order valence-electron chi connectivity index (χ1n) is 8.07. The van der Waals surface area contributed by atoms with Crippen LogP contribution in [0.3, 0.4) is 0 Å². The molecule has 2 atom stereocenters. The number of nitrogens with zero attached hydrogens (tertiary/aromatic N) is 1. The van der Waals surface area contributed by atoms with Crippen molar-refractivity contribution in [2.75, 3.05) is 24.6 Å². The lowest BCUT2D eigenvalue weighted by atomic mass is 9.80. The summed E-state index contributed by atoms with van der Waals surface area (Å²) in [6.45, 7) is 12.2. The standard InChI is InChI=1S/C16H32N2S/c1-13(2)18(11-14-7-5-6-9-17-14)15-12-19-10-8-16(15,3)4/h13-15,17H,5-12H2,1-4H3. The number of rotatable bonds is 4. The van der Waals surface area contributed by atoms with Crippen molar-refractivity contribution in [3.05, 3.63) is 0 Å². The first-order valence-corrected chi connectivity index (χ1v) is 9.23. The maximum atomic E-state index is 3.72. The number of thioether (sulfide) groups is 1. The van der Waals surface area contributed by atoms with Crippen molar-refractivity contribution >= 4 is 11.8 Å². The van der Waals surface area contributed by atoms with Crippen LogP contribution in [0.15, 0.2) is 0 Å². The summed E-state index contributed by atoms with van der Waals surface area (Å²) >= 11 is 2.15. The molecular weight excluding hydrogens is 252 g/mol. The normalized spacial score (nSPS) is 31.9. The van der Waals surface area contributed by atoms with Crippen molar-refractivity contribution in [1.29, 1.82) is 0 Å². The molecular formula is C16H32N2S. The van der Waals surface area contributed by atoms with Crippen LogP contribution in [0.2, 0.25) is 0 Å². The number of hydrogen-bond acceptors (Lipinski definition) is 3. The molecule has 2 aliphatic heterocycles. The van der Waals surface area contributed by atoms with Crippen LogP contribution in [0.5, 0.6) is 0 Å². The van der Waals surface area contributed by atoms with Crippen LogP contribution in [-0.2, 0) is 0 Å². The molecule has 2 nitrogen and oxygen atoms in total. The number of nitrogens with one attached hydrogen (secondary N) is 1. The fourth-order valence-corrected chi connectivity index (χ4v) is 5.20. The van der Waals surface area contributed by atoms with Crippen molar-refractivity contribution < 1.29 is 0 Å². The van der Waals surface area contributed by atoms with E-state index in [1.807, 2.05) is 0 Å². The third-order valence-electron chi connectivity index (χ3n) is 4.98. The van der Waals surface area contributed by atoms with E-state index in [1.54, 1.807) is 0 Å². The maximum Gasteiger partial charge on any atom is 0.0241 e. The van der Waals surface area contributed by atoms with Gasteiger partial charge in [-0.25, -0.2) is 0 Å². The molecule has 1 N–H and O–H groups in total. The first-order chi connectivity index (χ1) is 9.00. The van der Waals surface area contributed by atoms with Crippen molar-refractivity contribution in [2.45, 2.75) is 71.5 Å². The van der Waals surface area contributed by atoms with Crippen LogP contribution in [-0.4, -0.2) is 47.6 Å². The van der Waals surface area contributed by atoms with Crippen molar-refractivity contribution in [3.8, 4) is 0 Å². The molecule has 2 saturated heterocycles. The molecule has 0 spiro atoms. The Morgan fingerprint density at radius 2 is 2.11 bits per heavy atom. The minimum atomic E-state index is 0.476. The Bertz CT molecular complexity index is 272. The summed E-state index contributed by atoms with van der Waals surface area (Å²) in [4.78, 5) is 2.79. The van der Waals surface area contributed by atoms with Gasteiger partial charge in [-0.1, -0.05) is 20.3 Å². The Hall–Kier alpha value is 0.270. The summed E-state index contributed by atoms with van der Waals surface area (Å²) in [6.07, 6.45) is 5.50. The van der Waals surface area contributed by atoms with Crippen LogP contribution in [0.25, 0.3) is 0 Å². The minimum Gasteiger partial charge on any atom is -0.313 e. The van der Waals surface area contributed by atoms with E-state index in [0.717, 1.165) is 12.1 Å². The van der Waals surface area contributed by atoms with E-state index in [0.29, 0.717) is 11.5 Å². The predicted octanol–water partition coefficient (Wildman–Crippen LogP) is 3.37. The zero-order valence-electron chi connectivity index (χ0n) is 13.2. The van der Waals surface area contributed by atoms with Crippen LogP contribution >= 0.6 is 11.8 Å². The zero-order chi connectivity index (χ0) is 13.9. The van der Waals surface area contributed by atoms with E-state index in [9.17, 15) is 0 Å². The molecule has 2 aliphatic rings. The van der Waals surface area contributed by atoms with Gasteiger partial charge in [0.05, 0.1) is 0 Å². The molecule has 2 rings (SSSR count). The summed E-state index contributed by atoms with van der Waals surface area (Å²) in [6, 6.07) is 2.13. The highest BCUT2D eigenvalue weighted by molar-refractivity contribution is 7.99. The fourth-order valence-electron chi connectivity index (χ4n) is 3.50. The zero-order valence-corrected chi connectivity index (χ0v) is 14.1. The molecule has 3 heteroatoms. The van der Waals surface area contributed by atoms with Gasteiger partial charge < -0.3 is 5.32 Å². The van der Waals surface area contributed by atoms with E-state index in [1.165, 1.54) is 50.3 Å². The topological polar surface area (TPSA) is 15.3 Å². The van der Waals surface area contributed by atoms with Crippen molar-refractivity contribution in [3.63, 3.8) is 0 Å². The van der Waals surface area contributed by atoms with E-state index in [2.05, 4.69) is 49.7 Å². The average molecular weight is 285 g/mol. The average Bonchev–Trinajstić information content (AvgIpc) is 2.37. The molecule has 2 fully saturated rings. The Morgan fingerprint density at radius 1 is 1.32 bits per heavy atom.